The zero-order valence-electron chi connectivity index (χ0n) is 12.2. The Kier molecular flexibility index (Phi) is 6.11. The second-order valence-corrected chi connectivity index (χ2v) is 6.01. The van der Waals surface area contributed by atoms with E-state index in [2.05, 4.69) is 12.2 Å². The number of hydrogen-bond acceptors (Lipinski definition) is 3. The van der Waals surface area contributed by atoms with Crippen LogP contribution >= 0.6 is 0 Å². The molecule has 1 saturated heterocycles. The number of ether oxygens (including phenoxy) is 1. The molecule has 2 aliphatic rings. The van der Waals surface area contributed by atoms with Crippen LogP contribution in [0.5, 0.6) is 0 Å². The molecular formula is C15H28N2O2. The lowest BCUT2D eigenvalue weighted by atomic mass is 10.0. The SMILES string of the molecule is CC1CCCC(NCCC(=O)N2CCOCC2)CC1. The Morgan fingerprint density at radius 2 is 2.00 bits per heavy atom. The van der Waals surface area contributed by atoms with E-state index in [1.807, 2.05) is 4.90 Å². The van der Waals surface area contributed by atoms with Crippen LogP contribution in [0, 0.1) is 5.92 Å². The van der Waals surface area contributed by atoms with Gasteiger partial charge in [0.15, 0.2) is 0 Å². The average Bonchev–Trinajstić information content (AvgIpc) is 2.65. The van der Waals surface area contributed by atoms with Crippen molar-refractivity contribution >= 4 is 5.91 Å². The summed E-state index contributed by atoms with van der Waals surface area (Å²) in [6, 6.07) is 0.627. The maximum Gasteiger partial charge on any atom is 0.224 e. The Labute approximate surface area is 116 Å². The number of hydrogen-bond donors (Lipinski definition) is 1. The summed E-state index contributed by atoms with van der Waals surface area (Å²) in [5.41, 5.74) is 0. The van der Waals surface area contributed by atoms with Crippen LogP contribution in [0.3, 0.4) is 0 Å². The third-order valence-corrected chi connectivity index (χ3v) is 4.39. The van der Waals surface area contributed by atoms with E-state index in [0.717, 1.165) is 25.6 Å². The van der Waals surface area contributed by atoms with Gasteiger partial charge in [-0.1, -0.05) is 19.8 Å². The molecule has 0 radical (unpaired) electrons. The molecule has 2 rings (SSSR count). The Morgan fingerprint density at radius 3 is 2.79 bits per heavy atom. The minimum Gasteiger partial charge on any atom is -0.378 e. The topological polar surface area (TPSA) is 41.6 Å². The van der Waals surface area contributed by atoms with Gasteiger partial charge in [-0.05, 0) is 25.2 Å². The second kappa shape index (κ2) is 7.85. The molecule has 0 aromatic heterocycles. The summed E-state index contributed by atoms with van der Waals surface area (Å²) in [5.74, 6) is 1.15. The van der Waals surface area contributed by atoms with Crippen molar-refractivity contribution in [1.29, 1.82) is 0 Å². The highest BCUT2D eigenvalue weighted by molar-refractivity contribution is 5.76. The van der Waals surface area contributed by atoms with Crippen molar-refractivity contribution < 1.29 is 9.53 Å². The van der Waals surface area contributed by atoms with Crippen molar-refractivity contribution in [2.75, 3.05) is 32.8 Å². The number of amides is 1. The summed E-state index contributed by atoms with van der Waals surface area (Å²) in [6.07, 6.45) is 7.20. The molecule has 0 bridgehead atoms. The largest absolute Gasteiger partial charge is 0.378 e. The van der Waals surface area contributed by atoms with Gasteiger partial charge in [0.1, 0.15) is 0 Å². The summed E-state index contributed by atoms with van der Waals surface area (Å²) in [6.45, 7) is 6.10. The van der Waals surface area contributed by atoms with Gasteiger partial charge in [-0.3, -0.25) is 4.79 Å². The van der Waals surface area contributed by atoms with Crippen molar-refractivity contribution in [3.63, 3.8) is 0 Å². The van der Waals surface area contributed by atoms with Gasteiger partial charge in [0, 0.05) is 32.1 Å². The van der Waals surface area contributed by atoms with E-state index in [4.69, 9.17) is 4.74 Å². The van der Waals surface area contributed by atoms with Gasteiger partial charge in [0.2, 0.25) is 5.91 Å². The molecule has 1 N–H and O–H groups in total. The van der Waals surface area contributed by atoms with Crippen molar-refractivity contribution in [2.24, 2.45) is 5.92 Å². The number of carbonyl (C=O) groups is 1. The molecule has 1 amide bonds. The monoisotopic (exact) mass is 268 g/mol. The van der Waals surface area contributed by atoms with Crippen molar-refractivity contribution in [2.45, 2.75) is 51.5 Å². The maximum absolute atomic E-state index is 12.0. The first-order chi connectivity index (χ1) is 9.25. The summed E-state index contributed by atoms with van der Waals surface area (Å²) in [7, 11) is 0. The van der Waals surface area contributed by atoms with Gasteiger partial charge < -0.3 is 15.0 Å². The second-order valence-electron chi connectivity index (χ2n) is 6.01. The Morgan fingerprint density at radius 1 is 1.21 bits per heavy atom. The van der Waals surface area contributed by atoms with Crippen LogP contribution in [0.15, 0.2) is 0 Å². The number of nitrogens with one attached hydrogen (secondary N) is 1. The van der Waals surface area contributed by atoms with Crippen LogP contribution in [0.2, 0.25) is 0 Å². The van der Waals surface area contributed by atoms with E-state index >= 15 is 0 Å². The zero-order chi connectivity index (χ0) is 13.5. The van der Waals surface area contributed by atoms with Crippen LogP contribution < -0.4 is 5.32 Å². The molecule has 2 atom stereocenters. The van der Waals surface area contributed by atoms with Crippen LogP contribution in [-0.4, -0.2) is 49.7 Å². The van der Waals surface area contributed by atoms with Crippen LogP contribution in [0.4, 0.5) is 0 Å². The van der Waals surface area contributed by atoms with E-state index in [1.54, 1.807) is 0 Å². The predicted octanol–water partition coefficient (Wildman–Crippen LogP) is 1.79. The summed E-state index contributed by atoms with van der Waals surface area (Å²) >= 11 is 0. The van der Waals surface area contributed by atoms with Gasteiger partial charge >= 0.3 is 0 Å². The van der Waals surface area contributed by atoms with Crippen molar-refractivity contribution in [3.8, 4) is 0 Å². The highest BCUT2D eigenvalue weighted by Gasteiger charge is 2.18. The molecular weight excluding hydrogens is 240 g/mol. The van der Waals surface area contributed by atoms with E-state index in [9.17, 15) is 4.79 Å². The molecule has 1 saturated carbocycles. The molecule has 0 aromatic carbocycles. The number of rotatable bonds is 4. The number of morpholine rings is 1. The summed E-state index contributed by atoms with van der Waals surface area (Å²) < 4.78 is 5.26. The third-order valence-electron chi connectivity index (χ3n) is 4.39. The highest BCUT2D eigenvalue weighted by Crippen LogP contribution is 2.22. The van der Waals surface area contributed by atoms with E-state index in [1.165, 1.54) is 32.1 Å². The lowest BCUT2D eigenvalue weighted by Gasteiger charge is -2.27. The lowest BCUT2D eigenvalue weighted by molar-refractivity contribution is -0.135. The van der Waals surface area contributed by atoms with Gasteiger partial charge in [0.25, 0.3) is 0 Å². The number of carbonyl (C=O) groups excluding carboxylic acids is 1. The zero-order valence-corrected chi connectivity index (χ0v) is 12.2. The minimum absolute atomic E-state index is 0.276. The molecule has 110 valence electrons. The Bertz CT molecular complexity index is 277. The lowest BCUT2D eigenvalue weighted by Crippen LogP contribution is -2.42. The first-order valence-electron chi connectivity index (χ1n) is 7.84. The average molecular weight is 268 g/mol. The molecule has 4 heteroatoms. The molecule has 1 aliphatic carbocycles. The van der Waals surface area contributed by atoms with Crippen LogP contribution in [-0.2, 0) is 9.53 Å². The molecule has 1 aliphatic heterocycles. The van der Waals surface area contributed by atoms with Crippen LogP contribution in [0.25, 0.3) is 0 Å². The molecule has 2 fully saturated rings. The first kappa shape index (κ1) is 14.8. The van der Waals surface area contributed by atoms with Crippen molar-refractivity contribution in [1.82, 2.24) is 10.2 Å². The molecule has 2 unspecified atom stereocenters. The fourth-order valence-electron chi connectivity index (χ4n) is 3.05. The number of nitrogens with zero attached hydrogens (tertiary/aromatic N) is 1. The van der Waals surface area contributed by atoms with E-state index in [0.29, 0.717) is 25.7 Å². The normalized spacial score (nSPS) is 29.0. The fourth-order valence-corrected chi connectivity index (χ4v) is 3.05. The Balaban J connectivity index is 1.61. The molecule has 0 aromatic rings. The van der Waals surface area contributed by atoms with E-state index < -0.39 is 0 Å². The van der Waals surface area contributed by atoms with Gasteiger partial charge in [0.05, 0.1) is 13.2 Å². The molecule has 0 spiro atoms. The molecule has 1 heterocycles. The Hall–Kier alpha value is -0.610. The van der Waals surface area contributed by atoms with Crippen molar-refractivity contribution in [3.05, 3.63) is 0 Å². The maximum atomic E-state index is 12.0. The molecule has 19 heavy (non-hydrogen) atoms. The van der Waals surface area contributed by atoms with Gasteiger partial charge in [-0.15, -0.1) is 0 Å². The standard InChI is InChI=1S/C15H28N2O2/c1-13-3-2-4-14(6-5-13)16-8-7-15(18)17-9-11-19-12-10-17/h13-14,16H,2-12H2,1H3. The summed E-state index contributed by atoms with van der Waals surface area (Å²) in [5, 5.41) is 3.57. The van der Waals surface area contributed by atoms with E-state index in [-0.39, 0.29) is 5.91 Å². The quantitative estimate of drug-likeness (QED) is 0.790. The molecule has 4 nitrogen and oxygen atoms in total. The smallest absolute Gasteiger partial charge is 0.224 e. The predicted molar refractivity (Wildman–Crippen MR) is 76.1 cm³/mol. The summed E-state index contributed by atoms with van der Waals surface area (Å²) in [4.78, 5) is 13.9. The first-order valence-corrected chi connectivity index (χ1v) is 7.84. The minimum atomic E-state index is 0.276. The highest BCUT2D eigenvalue weighted by atomic mass is 16.5. The fraction of sp³-hybridized carbons (Fsp3) is 0.933. The van der Waals surface area contributed by atoms with Crippen LogP contribution in [0.1, 0.15) is 45.4 Å². The van der Waals surface area contributed by atoms with Gasteiger partial charge in [-0.25, -0.2) is 0 Å². The van der Waals surface area contributed by atoms with Gasteiger partial charge in [-0.2, -0.15) is 0 Å². The third kappa shape index (κ3) is 5.11.